The average molecular weight is 268 g/mol. The Kier molecular flexibility index (Phi) is 7.38. The predicted octanol–water partition coefficient (Wildman–Crippen LogP) is 4.04. The second kappa shape index (κ2) is 8.26. The highest BCUT2D eigenvalue weighted by Crippen LogP contribution is 2.38. The lowest BCUT2D eigenvalue weighted by Gasteiger charge is -2.47. The topological polar surface area (TPSA) is 29.3 Å². The molecule has 0 saturated heterocycles. The van der Waals surface area contributed by atoms with Gasteiger partial charge in [-0.2, -0.15) is 0 Å². The maximum absolute atomic E-state index is 6.19. The molecule has 0 spiro atoms. The molecule has 1 fully saturated rings. The van der Waals surface area contributed by atoms with E-state index in [0.717, 1.165) is 18.4 Å². The van der Waals surface area contributed by atoms with Crippen molar-refractivity contribution in [3.8, 4) is 0 Å². The van der Waals surface area contributed by atoms with Gasteiger partial charge >= 0.3 is 0 Å². The van der Waals surface area contributed by atoms with E-state index in [9.17, 15) is 0 Å². The maximum atomic E-state index is 6.19. The molecule has 0 amide bonds. The monoisotopic (exact) mass is 268 g/mol. The van der Waals surface area contributed by atoms with Gasteiger partial charge in [0, 0.05) is 12.1 Å². The fourth-order valence-corrected chi connectivity index (χ4v) is 3.85. The Morgan fingerprint density at radius 1 is 1.32 bits per heavy atom. The van der Waals surface area contributed by atoms with Crippen molar-refractivity contribution in [1.82, 2.24) is 4.90 Å². The highest BCUT2D eigenvalue weighted by molar-refractivity contribution is 4.95. The van der Waals surface area contributed by atoms with Crippen LogP contribution >= 0.6 is 0 Å². The lowest BCUT2D eigenvalue weighted by molar-refractivity contribution is 0.0508. The largest absolute Gasteiger partial charge is 0.329 e. The first-order chi connectivity index (χ1) is 9.04. The van der Waals surface area contributed by atoms with Crippen molar-refractivity contribution in [2.75, 3.05) is 20.1 Å². The molecule has 0 aliphatic heterocycles. The van der Waals surface area contributed by atoms with Gasteiger partial charge in [-0.3, -0.25) is 4.90 Å². The minimum Gasteiger partial charge on any atom is -0.329 e. The quantitative estimate of drug-likeness (QED) is 0.673. The molecule has 1 aliphatic rings. The van der Waals surface area contributed by atoms with Crippen LogP contribution in [0.25, 0.3) is 0 Å². The zero-order chi connectivity index (χ0) is 14.3. The highest BCUT2D eigenvalue weighted by Gasteiger charge is 2.38. The molecule has 19 heavy (non-hydrogen) atoms. The number of likely N-dealkylation sites (N-methyl/N-ethyl adjacent to an activating group) is 1. The summed E-state index contributed by atoms with van der Waals surface area (Å²) in [5.74, 6) is 1.72. The summed E-state index contributed by atoms with van der Waals surface area (Å²) in [6.07, 6.45) is 10.8. The van der Waals surface area contributed by atoms with Crippen LogP contribution in [0.15, 0.2) is 0 Å². The molecule has 2 heteroatoms. The Bertz CT molecular complexity index is 239. The van der Waals surface area contributed by atoms with Gasteiger partial charge in [0.2, 0.25) is 0 Å². The summed E-state index contributed by atoms with van der Waals surface area (Å²) >= 11 is 0. The zero-order valence-corrected chi connectivity index (χ0v) is 13.8. The van der Waals surface area contributed by atoms with Crippen molar-refractivity contribution < 1.29 is 0 Å². The summed E-state index contributed by atoms with van der Waals surface area (Å²) in [6, 6.07) is 0. The summed E-state index contributed by atoms with van der Waals surface area (Å²) in [7, 11) is 2.31. The first-order valence-corrected chi connectivity index (χ1v) is 8.45. The summed E-state index contributed by atoms with van der Waals surface area (Å²) in [4.78, 5) is 2.59. The fraction of sp³-hybridized carbons (Fsp3) is 1.00. The van der Waals surface area contributed by atoms with Crippen LogP contribution in [0.3, 0.4) is 0 Å². The average Bonchev–Trinajstić information content (AvgIpc) is 2.38. The van der Waals surface area contributed by atoms with Crippen LogP contribution in [-0.2, 0) is 0 Å². The van der Waals surface area contributed by atoms with Crippen LogP contribution in [0.5, 0.6) is 0 Å². The van der Waals surface area contributed by atoms with E-state index in [1.54, 1.807) is 0 Å². The first-order valence-electron chi connectivity index (χ1n) is 8.45. The van der Waals surface area contributed by atoms with Crippen molar-refractivity contribution >= 4 is 0 Å². The number of nitrogens with two attached hydrogens (primary N) is 1. The summed E-state index contributed by atoms with van der Waals surface area (Å²) in [6.45, 7) is 9.04. The van der Waals surface area contributed by atoms with Crippen molar-refractivity contribution in [2.24, 2.45) is 17.6 Å². The standard InChI is InChI=1S/C17H36N2/c1-5-6-7-11-19(4)17(14-18)10-8-9-16(13-17)12-15(2)3/h15-16H,5-14,18H2,1-4H3. The number of nitrogens with zero attached hydrogens (tertiary/aromatic N) is 1. The maximum Gasteiger partial charge on any atom is 0.0331 e. The number of hydrogen-bond donors (Lipinski definition) is 1. The predicted molar refractivity (Wildman–Crippen MR) is 85.4 cm³/mol. The van der Waals surface area contributed by atoms with Gasteiger partial charge in [-0.15, -0.1) is 0 Å². The molecule has 0 heterocycles. The molecule has 2 N–H and O–H groups in total. The minimum absolute atomic E-state index is 0.297. The molecule has 0 bridgehead atoms. The van der Waals surface area contributed by atoms with E-state index < -0.39 is 0 Å². The van der Waals surface area contributed by atoms with Crippen molar-refractivity contribution in [3.05, 3.63) is 0 Å². The molecule has 0 aromatic carbocycles. The number of rotatable bonds is 8. The summed E-state index contributed by atoms with van der Waals surface area (Å²) in [5, 5.41) is 0. The molecule has 0 aromatic heterocycles. The molecular weight excluding hydrogens is 232 g/mol. The Balaban J connectivity index is 2.56. The third-order valence-electron chi connectivity index (χ3n) is 5.01. The molecule has 114 valence electrons. The third kappa shape index (κ3) is 5.07. The summed E-state index contributed by atoms with van der Waals surface area (Å²) in [5.41, 5.74) is 6.49. The van der Waals surface area contributed by atoms with E-state index in [4.69, 9.17) is 5.73 Å². The zero-order valence-electron chi connectivity index (χ0n) is 13.8. The van der Waals surface area contributed by atoms with Crippen LogP contribution in [0.1, 0.15) is 72.1 Å². The molecule has 2 nitrogen and oxygen atoms in total. The molecule has 0 aromatic rings. The van der Waals surface area contributed by atoms with E-state index >= 15 is 0 Å². The number of unbranched alkanes of at least 4 members (excludes halogenated alkanes) is 2. The number of hydrogen-bond acceptors (Lipinski definition) is 2. The SMILES string of the molecule is CCCCCN(C)C1(CN)CCCC(CC(C)C)C1. The van der Waals surface area contributed by atoms with E-state index in [1.165, 1.54) is 57.9 Å². The van der Waals surface area contributed by atoms with Gasteiger partial charge in [-0.1, -0.05) is 46.5 Å². The van der Waals surface area contributed by atoms with E-state index in [-0.39, 0.29) is 0 Å². The van der Waals surface area contributed by atoms with Gasteiger partial charge in [0.15, 0.2) is 0 Å². The molecule has 1 saturated carbocycles. The van der Waals surface area contributed by atoms with Gasteiger partial charge in [-0.05, 0) is 51.1 Å². The smallest absolute Gasteiger partial charge is 0.0331 e. The van der Waals surface area contributed by atoms with E-state index in [2.05, 4.69) is 32.7 Å². The Morgan fingerprint density at radius 3 is 2.63 bits per heavy atom. The third-order valence-corrected chi connectivity index (χ3v) is 5.01. The molecule has 2 atom stereocenters. The lowest BCUT2D eigenvalue weighted by atomic mass is 9.72. The minimum atomic E-state index is 0.297. The van der Waals surface area contributed by atoms with Crippen LogP contribution in [0.2, 0.25) is 0 Å². The Morgan fingerprint density at radius 2 is 2.05 bits per heavy atom. The normalized spacial score (nSPS) is 28.3. The van der Waals surface area contributed by atoms with Crippen molar-refractivity contribution in [3.63, 3.8) is 0 Å². The van der Waals surface area contributed by atoms with Crippen molar-refractivity contribution in [1.29, 1.82) is 0 Å². The molecular formula is C17H36N2. The Hall–Kier alpha value is -0.0800. The fourth-order valence-electron chi connectivity index (χ4n) is 3.85. The van der Waals surface area contributed by atoms with Crippen LogP contribution in [-0.4, -0.2) is 30.6 Å². The summed E-state index contributed by atoms with van der Waals surface area (Å²) < 4.78 is 0. The van der Waals surface area contributed by atoms with E-state index in [0.29, 0.717) is 5.54 Å². The highest BCUT2D eigenvalue weighted by atomic mass is 15.2. The van der Waals surface area contributed by atoms with Gasteiger partial charge in [0.1, 0.15) is 0 Å². The van der Waals surface area contributed by atoms with Gasteiger partial charge in [-0.25, -0.2) is 0 Å². The second-order valence-corrected chi connectivity index (χ2v) is 7.15. The van der Waals surface area contributed by atoms with Crippen LogP contribution in [0, 0.1) is 11.8 Å². The van der Waals surface area contributed by atoms with E-state index in [1.807, 2.05) is 0 Å². The molecule has 0 radical (unpaired) electrons. The molecule has 2 unspecified atom stereocenters. The van der Waals surface area contributed by atoms with Crippen LogP contribution < -0.4 is 5.73 Å². The molecule has 1 aliphatic carbocycles. The van der Waals surface area contributed by atoms with Gasteiger partial charge in [0.05, 0.1) is 0 Å². The van der Waals surface area contributed by atoms with Crippen molar-refractivity contribution in [2.45, 2.75) is 77.7 Å². The van der Waals surface area contributed by atoms with Crippen LogP contribution in [0.4, 0.5) is 0 Å². The second-order valence-electron chi connectivity index (χ2n) is 7.15. The molecule has 1 rings (SSSR count). The van der Waals surface area contributed by atoms with Gasteiger partial charge < -0.3 is 5.73 Å². The lowest BCUT2D eigenvalue weighted by Crippen LogP contribution is -2.55. The Labute approximate surface area is 121 Å². The van der Waals surface area contributed by atoms with Gasteiger partial charge in [0.25, 0.3) is 0 Å². The first kappa shape index (κ1) is 17.0.